The van der Waals surface area contributed by atoms with Gasteiger partial charge in [-0.2, -0.15) is 0 Å². The van der Waals surface area contributed by atoms with Crippen molar-refractivity contribution in [3.05, 3.63) is 42.0 Å². The summed E-state index contributed by atoms with van der Waals surface area (Å²) in [5, 5.41) is 20.3. The summed E-state index contributed by atoms with van der Waals surface area (Å²) < 4.78 is 5.25. The van der Waals surface area contributed by atoms with Gasteiger partial charge in [0.1, 0.15) is 11.6 Å². The summed E-state index contributed by atoms with van der Waals surface area (Å²) in [5.41, 5.74) is 0.957. The van der Waals surface area contributed by atoms with Crippen LogP contribution in [0.5, 0.6) is 5.75 Å². The highest BCUT2D eigenvalue weighted by molar-refractivity contribution is 8.13. The lowest BCUT2D eigenvalue weighted by molar-refractivity contribution is -0.125. The van der Waals surface area contributed by atoms with Gasteiger partial charge < -0.3 is 20.4 Å². The number of rotatable bonds is 11. The molecule has 2 atom stereocenters. The third-order valence-corrected chi connectivity index (χ3v) is 6.53. The summed E-state index contributed by atoms with van der Waals surface area (Å²) in [6, 6.07) is 10.7. The maximum Gasteiger partial charge on any atom is 0.217 e. The Morgan fingerprint density at radius 1 is 1.06 bits per heavy atom. The van der Waals surface area contributed by atoms with E-state index >= 15 is 0 Å². The molecule has 9 heteroatoms. The Morgan fingerprint density at radius 2 is 1.71 bits per heavy atom. The molecule has 2 rings (SSSR count). The Balaban J connectivity index is 2.03. The Hall–Kier alpha value is -3.20. The minimum absolute atomic E-state index is 0.0580. The number of nitrogens with one attached hydrogen (secondary N) is 3. The largest absolute Gasteiger partial charge is 0.497 e. The number of methoxy groups -OCH3 is 1. The molecule has 0 fully saturated rings. The van der Waals surface area contributed by atoms with E-state index in [4.69, 9.17) is 15.6 Å². The van der Waals surface area contributed by atoms with Crippen molar-refractivity contribution in [3.63, 3.8) is 0 Å². The number of hydrogen-bond donors (Lipinski definition) is 3. The average Bonchev–Trinajstić information content (AvgIpc) is 2.79. The van der Waals surface area contributed by atoms with Gasteiger partial charge in [0.15, 0.2) is 10.9 Å². The molecule has 1 amide bonds. The number of nitrogens with zero attached hydrogens (tertiary/aromatic N) is 1. The molecular weight excluding hydrogens is 452 g/mol. The smallest absolute Gasteiger partial charge is 0.217 e. The maximum atomic E-state index is 12.9. The summed E-state index contributed by atoms with van der Waals surface area (Å²) in [6.45, 7) is 3.13. The number of carbonyl (C=O) groups excluding carboxylic acids is 3. The van der Waals surface area contributed by atoms with Crippen LogP contribution in [0.2, 0.25) is 0 Å². The Morgan fingerprint density at radius 3 is 2.32 bits per heavy atom. The van der Waals surface area contributed by atoms with Crippen LogP contribution in [0, 0.1) is 10.8 Å². The summed E-state index contributed by atoms with van der Waals surface area (Å²) in [5.74, 6) is -0.0498. The van der Waals surface area contributed by atoms with Crippen molar-refractivity contribution in [1.82, 2.24) is 10.2 Å². The molecule has 2 aromatic rings. The van der Waals surface area contributed by atoms with Gasteiger partial charge in [0.05, 0.1) is 19.1 Å². The maximum absolute atomic E-state index is 12.9. The van der Waals surface area contributed by atoms with Crippen LogP contribution in [0.4, 0.5) is 0 Å². The van der Waals surface area contributed by atoms with Crippen LogP contribution in [0.1, 0.15) is 38.2 Å². The van der Waals surface area contributed by atoms with Gasteiger partial charge in [-0.3, -0.25) is 19.8 Å². The minimum atomic E-state index is -0.878. The number of fused-ring (bicyclic) bond motifs is 1. The van der Waals surface area contributed by atoms with Gasteiger partial charge >= 0.3 is 0 Å². The molecular formula is C25H32N4O4S. The molecule has 0 aromatic heterocycles. The zero-order valence-corrected chi connectivity index (χ0v) is 21.0. The molecule has 2 aromatic carbocycles. The summed E-state index contributed by atoms with van der Waals surface area (Å²) in [7, 11) is 5.02. The van der Waals surface area contributed by atoms with Gasteiger partial charge in [-0.05, 0) is 28.5 Å². The van der Waals surface area contributed by atoms with Crippen LogP contribution >= 0.6 is 11.8 Å². The average molecular weight is 485 g/mol. The number of thioether (sulfide) groups is 1. The van der Waals surface area contributed by atoms with E-state index in [0.29, 0.717) is 0 Å². The number of amidine groups is 1. The molecule has 0 saturated heterocycles. The van der Waals surface area contributed by atoms with E-state index in [1.165, 1.54) is 6.92 Å². The van der Waals surface area contributed by atoms with E-state index in [2.05, 4.69) is 5.32 Å². The Kier molecular flexibility index (Phi) is 9.80. The molecule has 0 aliphatic heterocycles. The topological polar surface area (TPSA) is 123 Å². The van der Waals surface area contributed by atoms with E-state index in [-0.39, 0.29) is 46.9 Å². The highest BCUT2D eigenvalue weighted by Crippen LogP contribution is 2.28. The second kappa shape index (κ2) is 12.3. The zero-order chi connectivity index (χ0) is 25.4. The lowest BCUT2D eigenvalue weighted by Crippen LogP contribution is -2.42. The second-order valence-electron chi connectivity index (χ2n) is 8.34. The molecule has 0 spiro atoms. The number of amides is 1. The lowest BCUT2D eigenvalue weighted by Gasteiger charge is -2.19. The fourth-order valence-corrected chi connectivity index (χ4v) is 4.27. The van der Waals surface area contributed by atoms with E-state index in [1.54, 1.807) is 26.1 Å². The van der Waals surface area contributed by atoms with Crippen LogP contribution in [0.25, 0.3) is 10.8 Å². The molecule has 0 bridgehead atoms. The standard InChI is InChI=1S/C25H32N4O4S/c1-15(17-6-7-19-11-21(33-5)9-8-18(19)10-17)25(32)34-14-22(28-16(2)30)23(31)12-20(26)13-24(27)29(3)4/h6-11,15,22,26-27H,12-14H2,1-5H3,(H,28,30)/t15-,22+/m1/s1. The van der Waals surface area contributed by atoms with Gasteiger partial charge in [0.25, 0.3) is 0 Å². The summed E-state index contributed by atoms with van der Waals surface area (Å²) in [4.78, 5) is 38.8. The van der Waals surface area contributed by atoms with Crippen molar-refractivity contribution >= 4 is 50.9 Å². The van der Waals surface area contributed by atoms with Crippen molar-refractivity contribution in [2.24, 2.45) is 0 Å². The second-order valence-corrected chi connectivity index (χ2v) is 9.37. The normalized spacial score (nSPS) is 12.5. The zero-order valence-electron chi connectivity index (χ0n) is 20.2. The third kappa shape index (κ3) is 7.69. The summed E-state index contributed by atoms with van der Waals surface area (Å²) in [6.07, 6.45) is -0.123. The van der Waals surface area contributed by atoms with Crippen molar-refractivity contribution < 1.29 is 19.1 Å². The van der Waals surface area contributed by atoms with Crippen LogP contribution in [0.15, 0.2) is 36.4 Å². The van der Waals surface area contributed by atoms with Crippen LogP contribution in [0.3, 0.4) is 0 Å². The van der Waals surface area contributed by atoms with Gasteiger partial charge in [-0.1, -0.05) is 43.0 Å². The van der Waals surface area contributed by atoms with Crippen molar-refractivity contribution in [3.8, 4) is 5.75 Å². The number of carbonyl (C=O) groups is 3. The number of ketones is 1. The van der Waals surface area contributed by atoms with Crippen LogP contribution < -0.4 is 10.1 Å². The third-order valence-electron chi connectivity index (χ3n) is 5.39. The quantitative estimate of drug-likeness (QED) is 0.331. The monoisotopic (exact) mass is 484 g/mol. The first kappa shape index (κ1) is 27.0. The van der Waals surface area contributed by atoms with Gasteiger partial charge in [0.2, 0.25) is 5.91 Å². The van der Waals surface area contributed by atoms with Crippen molar-refractivity contribution in [1.29, 1.82) is 10.8 Å². The van der Waals surface area contributed by atoms with Crippen LogP contribution in [-0.2, 0) is 14.4 Å². The predicted molar refractivity (Wildman–Crippen MR) is 137 cm³/mol. The van der Waals surface area contributed by atoms with E-state index in [0.717, 1.165) is 33.8 Å². The SMILES string of the molecule is COc1ccc2cc([C@@H](C)C(=O)SC[C@H](NC(C)=O)C(=O)CC(=N)CC(=N)N(C)C)ccc2c1. The molecule has 0 radical (unpaired) electrons. The summed E-state index contributed by atoms with van der Waals surface area (Å²) >= 11 is 1.000. The molecule has 3 N–H and O–H groups in total. The van der Waals surface area contributed by atoms with E-state index in [1.807, 2.05) is 43.3 Å². The molecule has 0 heterocycles. The molecule has 0 unspecified atom stereocenters. The molecule has 0 aliphatic carbocycles. The van der Waals surface area contributed by atoms with Crippen LogP contribution in [-0.4, -0.2) is 66.3 Å². The number of ether oxygens (including phenoxy) is 1. The Bertz CT molecular complexity index is 1100. The Labute approximate surface area is 204 Å². The van der Waals surface area contributed by atoms with E-state index in [9.17, 15) is 14.4 Å². The molecule has 182 valence electrons. The predicted octanol–water partition coefficient (Wildman–Crippen LogP) is 3.62. The first-order chi connectivity index (χ1) is 16.0. The van der Waals surface area contributed by atoms with Gasteiger partial charge in [-0.25, -0.2) is 0 Å². The minimum Gasteiger partial charge on any atom is -0.497 e. The number of hydrogen-bond acceptors (Lipinski definition) is 7. The van der Waals surface area contributed by atoms with Crippen molar-refractivity contribution in [2.45, 2.75) is 38.6 Å². The van der Waals surface area contributed by atoms with Gasteiger partial charge in [-0.15, -0.1) is 0 Å². The highest BCUT2D eigenvalue weighted by atomic mass is 32.2. The highest BCUT2D eigenvalue weighted by Gasteiger charge is 2.24. The van der Waals surface area contributed by atoms with Crippen molar-refractivity contribution in [2.75, 3.05) is 27.0 Å². The molecule has 0 saturated carbocycles. The number of Topliss-reactive ketones (excluding diaryl/α,β-unsaturated/α-hetero) is 1. The first-order valence-electron chi connectivity index (χ1n) is 10.9. The molecule has 8 nitrogen and oxygen atoms in total. The van der Waals surface area contributed by atoms with Gasteiger partial charge in [0, 0.05) is 45.3 Å². The lowest BCUT2D eigenvalue weighted by atomic mass is 9.99. The number of benzene rings is 2. The molecule has 0 aliphatic rings. The fourth-order valence-electron chi connectivity index (χ4n) is 3.28. The van der Waals surface area contributed by atoms with E-state index < -0.39 is 12.0 Å². The first-order valence-corrected chi connectivity index (χ1v) is 11.9. The fraction of sp³-hybridized carbons (Fsp3) is 0.400. The molecule has 34 heavy (non-hydrogen) atoms.